The number of methoxy groups -OCH3 is 1. The third kappa shape index (κ3) is 4.58. The maximum Gasteiger partial charge on any atom is 0.337 e. The van der Waals surface area contributed by atoms with E-state index in [0.717, 1.165) is 12.0 Å². The van der Waals surface area contributed by atoms with Gasteiger partial charge in [0.05, 0.1) is 12.7 Å². The molecule has 0 saturated heterocycles. The fourth-order valence-corrected chi connectivity index (χ4v) is 3.03. The van der Waals surface area contributed by atoms with E-state index in [0.29, 0.717) is 23.6 Å². The highest BCUT2D eigenvalue weighted by atomic mass is 16.5. The lowest BCUT2D eigenvalue weighted by Crippen LogP contribution is -2.16. The van der Waals surface area contributed by atoms with Gasteiger partial charge >= 0.3 is 5.97 Å². The highest BCUT2D eigenvalue weighted by molar-refractivity contribution is 5.95. The largest absolute Gasteiger partial charge is 0.465 e. The van der Waals surface area contributed by atoms with Gasteiger partial charge in [-0.25, -0.2) is 4.79 Å². The average Bonchev–Trinajstić information content (AvgIpc) is 2.55. The number of benzene rings is 1. The summed E-state index contributed by atoms with van der Waals surface area (Å²) in [6.07, 6.45) is 7.95. The zero-order valence-corrected chi connectivity index (χ0v) is 13.5. The van der Waals surface area contributed by atoms with Crippen LogP contribution in [0.15, 0.2) is 18.2 Å². The first-order valence-corrected chi connectivity index (χ1v) is 8.09. The smallest absolute Gasteiger partial charge is 0.337 e. The predicted molar refractivity (Wildman–Crippen MR) is 87.0 cm³/mol. The van der Waals surface area contributed by atoms with Gasteiger partial charge in [-0.05, 0) is 37.0 Å². The Morgan fingerprint density at radius 3 is 2.64 bits per heavy atom. The molecule has 0 heterocycles. The number of carbonyl (C=O) groups is 2. The summed E-state index contributed by atoms with van der Waals surface area (Å²) >= 11 is 0. The minimum Gasteiger partial charge on any atom is -0.465 e. The molecule has 0 spiro atoms. The standard InChI is InChI=1S/C18H25NO3/c1-13-8-10-15(18(21)22-2)12-16(13)19-17(20)11-9-14-6-4-3-5-7-14/h8,10,12,14H,3-7,9,11H2,1-2H3,(H,19,20). The van der Waals surface area contributed by atoms with Gasteiger partial charge in [-0.2, -0.15) is 0 Å². The Kier molecular flexibility index (Phi) is 5.99. The van der Waals surface area contributed by atoms with E-state index in [2.05, 4.69) is 5.32 Å². The quantitative estimate of drug-likeness (QED) is 0.834. The van der Waals surface area contributed by atoms with Crippen molar-refractivity contribution < 1.29 is 14.3 Å². The predicted octanol–water partition coefficient (Wildman–Crippen LogP) is 4.08. The second kappa shape index (κ2) is 7.97. The molecular weight excluding hydrogens is 278 g/mol. The summed E-state index contributed by atoms with van der Waals surface area (Å²) in [5.74, 6) is 0.329. The molecule has 0 aliphatic heterocycles. The molecule has 0 bridgehead atoms. The summed E-state index contributed by atoms with van der Waals surface area (Å²) in [5.41, 5.74) is 2.09. The number of hydrogen-bond acceptors (Lipinski definition) is 3. The molecular formula is C18H25NO3. The number of esters is 1. The van der Waals surface area contributed by atoms with Gasteiger partial charge in [0, 0.05) is 12.1 Å². The Labute approximate surface area is 132 Å². The fourth-order valence-electron chi connectivity index (χ4n) is 3.03. The van der Waals surface area contributed by atoms with E-state index < -0.39 is 5.97 Å². The Bertz CT molecular complexity index is 533. The third-order valence-electron chi connectivity index (χ3n) is 4.44. The Hall–Kier alpha value is -1.84. The molecule has 1 amide bonds. The van der Waals surface area contributed by atoms with E-state index in [-0.39, 0.29) is 5.91 Å². The second-order valence-electron chi connectivity index (χ2n) is 6.11. The van der Waals surface area contributed by atoms with Crippen LogP contribution in [0.3, 0.4) is 0 Å². The van der Waals surface area contributed by atoms with Gasteiger partial charge in [0.25, 0.3) is 0 Å². The number of hydrogen-bond donors (Lipinski definition) is 1. The molecule has 1 fully saturated rings. The van der Waals surface area contributed by atoms with Crippen LogP contribution in [0.25, 0.3) is 0 Å². The van der Waals surface area contributed by atoms with Crippen LogP contribution in [0.2, 0.25) is 0 Å². The van der Waals surface area contributed by atoms with Crippen molar-refractivity contribution in [1.29, 1.82) is 0 Å². The highest BCUT2D eigenvalue weighted by Crippen LogP contribution is 2.27. The van der Waals surface area contributed by atoms with E-state index >= 15 is 0 Å². The van der Waals surface area contributed by atoms with Gasteiger partial charge < -0.3 is 10.1 Å². The van der Waals surface area contributed by atoms with Gasteiger partial charge in [-0.1, -0.05) is 38.2 Å². The zero-order chi connectivity index (χ0) is 15.9. The topological polar surface area (TPSA) is 55.4 Å². The molecule has 0 atom stereocenters. The first-order chi connectivity index (χ1) is 10.6. The van der Waals surface area contributed by atoms with Crippen LogP contribution in [0, 0.1) is 12.8 Å². The third-order valence-corrected chi connectivity index (χ3v) is 4.44. The molecule has 1 aliphatic carbocycles. The van der Waals surface area contributed by atoms with Crippen LogP contribution in [-0.2, 0) is 9.53 Å². The van der Waals surface area contributed by atoms with Gasteiger partial charge in [0.15, 0.2) is 0 Å². The minimum absolute atomic E-state index is 0.0238. The summed E-state index contributed by atoms with van der Waals surface area (Å²) in [4.78, 5) is 23.7. The molecule has 4 nitrogen and oxygen atoms in total. The summed E-state index contributed by atoms with van der Waals surface area (Å²) in [5, 5.41) is 2.92. The SMILES string of the molecule is COC(=O)c1ccc(C)c(NC(=O)CCC2CCCCC2)c1. The Morgan fingerprint density at radius 2 is 1.95 bits per heavy atom. The van der Waals surface area contributed by atoms with Crippen LogP contribution in [0.5, 0.6) is 0 Å². The molecule has 4 heteroatoms. The summed E-state index contributed by atoms with van der Waals surface area (Å²) in [6, 6.07) is 5.21. The van der Waals surface area contributed by atoms with Gasteiger partial charge in [0.2, 0.25) is 5.91 Å². The van der Waals surface area contributed by atoms with E-state index in [1.165, 1.54) is 39.2 Å². The van der Waals surface area contributed by atoms with Gasteiger partial charge in [-0.15, -0.1) is 0 Å². The number of ether oxygens (including phenoxy) is 1. The van der Waals surface area contributed by atoms with Crippen LogP contribution in [0.4, 0.5) is 5.69 Å². The van der Waals surface area contributed by atoms with Crippen LogP contribution >= 0.6 is 0 Å². The lowest BCUT2D eigenvalue weighted by atomic mass is 9.86. The lowest BCUT2D eigenvalue weighted by molar-refractivity contribution is -0.116. The number of nitrogens with one attached hydrogen (secondary N) is 1. The number of anilines is 1. The maximum absolute atomic E-state index is 12.1. The molecule has 0 aromatic heterocycles. The fraction of sp³-hybridized carbons (Fsp3) is 0.556. The van der Waals surface area contributed by atoms with Crippen molar-refractivity contribution in [2.45, 2.75) is 51.9 Å². The van der Waals surface area contributed by atoms with E-state index in [1.807, 2.05) is 13.0 Å². The highest BCUT2D eigenvalue weighted by Gasteiger charge is 2.15. The summed E-state index contributed by atoms with van der Waals surface area (Å²) < 4.78 is 4.71. The molecule has 1 saturated carbocycles. The minimum atomic E-state index is -0.391. The van der Waals surface area contributed by atoms with Crippen LogP contribution in [-0.4, -0.2) is 19.0 Å². The van der Waals surface area contributed by atoms with Crippen molar-refractivity contribution in [3.8, 4) is 0 Å². The van der Waals surface area contributed by atoms with E-state index in [1.54, 1.807) is 12.1 Å². The lowest BCUT2D eigenvalue weighted by Gasteiger charge is -2.21. The van der Waals surface area contributed by atoms with Crippen molar-refractivity contribution in [2.75, 3.05) is 12.4 Å². The molecule has 0 unspecified atom stereocenters. The first kappa shape index (κ1) is 16.5. The zero-order valence-electron chi connectivity index (χ0n) is 13.5. The molecule has 1 aromatic rings. The number of carbonyl (C=O) groups excluding carboxylic acids is 2. The Balaban J connectivity index is 1.91. The monoisotopic (exact) mass is 303 g/mol. The number of amides is 1. The number of rotatable bonds is 5. The van der Waals surface area contributed by atoms with Crippen LogP contribution in [0.1, 0.15) is 60.9 Å². The summed E-state index contributed by atoms with van der Waals surface area (Å²) in [6.45, 7) is 1.91. The van der Waals surface area contributed by atoms with E-state index in [9.17, 15) is 9.59 Å². The van der Waals surface area contributed by atoms with Crippen molar-refractivity contribution >= 4 is 17.6 Å². The molecule has 120 valence electrons. The molecule has 1 aromatic carbocycles. The second-order valence-corrected chi connectivity index (χ2v) is 6.11. The van der Waals surface area contributed by atoms with Crippen molar-refractivity contribution in [3.05, 3.63) is 29.3 Å². The normalized spacial score (nSPS) is 15.4. The molecule has 1 N–H and O–H groups in total. The summed E-state index contributed by atoms with van der Waals surface area (Å²) in [7, 11) is 1.35. The maximum atomic E-state index is 12.1. The molecule has 22 heavy (non-hydrogen) atoms. The van der Waals surface area contributed by atoms with Crippen molar-refractivity contribution in [2.24, 2.45) is 5.92 Å². The van der Waals surface area contributed by atoms with Crippen LogP contribution < -0.4 is 5.32 Å². The molecule has 0 radical (unpaired) electrons. The molecule has 2 rings (SSSR count). The van der Waals surface area contributed by atoms with Gasteiger partial charge in [0.1, 0.15) is 0 Å². The Morgan fingerprint density at radius 1 is 1.23 bits per heavy atom. The average molecular weight is 303 g/mol. The van der Waals surface area contributed by atoms with Crippen molar-refractivity contribution in [1.82, 2.24) is 0 Å². The first-order valence-electron chi connectivity index (χ1n) is 8.09. The number of aryl methyl sites for hydroxylation is 1. The van der Waals surface area contributed by atoms with E-state index in [4.69, 9.17) is 4.74 Å². The van der Waals surface area contributed by atoms with Crippen molar-refractivity contribution in [3.63, 3.8) is 0 Å². The molecule has 1 aliphatic rings. The van der Waals surface area contributed by atoms with Gasteiger partial charge in [-0.3, -0.25) is 4.79 Å².